The molecule has 0 radical (unpaired) electrons. The highest BCUT2D eigenvalue weighted by Gasteiger charge is 2.24. The van der Waals surface area contributed by atoms with Gasteiger partial charge in [-0.2, -0.15) is 11.8 Å². The first-order chi connectivity index (χ1) is 12.1. The summed E-state index contributed by atoms with van der Waals surface area (Å²) >= 11 is 2.05. The van der Waals surface area contributed by atoms with Crippen LogP contribution in [-0.4, -0.2) is 65.5 Å². The number of thioether (sulfide) groups is 1. The van der Waals surface area contributed by atoms with Crippen molar-refractivity contribution in [2.75, 3.05) is 38.5 Å². The molecule has 1 aliphatic rings. The highest BCUT2D eigenvalue weighted by Crippen LogP contribution is 2.24. The number of hydrogen-bond donors (Lipinski definition) is 2. The van der Waals surface area contributed by atoms with E-state index < -0.39 is 0 Å². The smallest absolute Gasteiger partial charge is 0.252 e. The molecule has 0 aromatic carbocycles. The summed E-state index contributed by atoms with van der Waals surface area (Å²) in [6, 6.07) is 3.52. The molecule has 0 bridgehead atoms. The molecule has 0 spiro atoms. The van der Waals surface area contributed by atoms with E-state index in [0.29, 0.717) is 29.8 Å². The van der Waals surface area contributed by atoms with Crippen molar-refractivity contribution in [3.05, 3.63) is 30.1 Å². The summed E-state index contributed by atoms with van der Waals surface area (Å²) < 4.78 is 0. The second-order valence-corrected chi connectivity index (χ2v) is 7.68. The SMILES string of the molecule is CCNC(=NCCNC(=O)c1cccnc1)N1CCSC(C(C)C)C1. The van der Waals surface area contributed by atoms with Gasteiger partial charge in [0.15, 0.2) is 5.96 Å². The maximum Gasteiger partial charge on any atom is 0.252 e. The number of nitrogens with zero attached hydrogens (tertiary/aromatic N) is 3. The average molecular weight is 364 g/mol. The third-order valence-corrected chi connectivity index (χ3v) is 5.59. The molecule has 1 atom stereocenters. The molecule has 2 N–H and O–H groups in total. The average Bonchev–Trinajstić information content (AvgIpc) is 2.65. The van der Waals surface area contributed by atoms with Crippen molar-refractivity contribution in [3.8, 4) is 0 Å². The Labute approximate surface area is 154 Å². The molecule has 2 rings (SSSR count). The molecule has 25 heavy (non-hydrogen) atoms. The lowest BCUT2D eigenvalue weighted by molar-refractivity contribution is 0.0954. The Morgan fingerprint density at radius 3 is 3.00 bits per heavy atom. The van der Waals surface area contributed by atoms with Gasteiger partial charge in [-0.3, -0.25) is 14.8 Å². The standard InChI is InChI=1S/C18H29N5OS/c1-4-20-18(23-10-11-25-16(13-23)14(2)3)22-9-8-21-17(24)15-6-5-7-19-12-15/h5-7,12,14,16H,4,8-11,13H2,1-3H3,(H,20,22)(H,21,24). The predicted molar refractivity (Wildman–Crippen MR) is 105 cm³/mol. The first kappa shape index (κ1) is 19.6. The van der Waals surface area contributed by atoms with Crippen LogP contribution in [0.15, 0.2) is 29.5 Å². The van der Waals surface area contributed by atoms with Crippen molar-refractivity contribution in [1.29, 1.82) is 0 Å². The lowest BCUT2D eigenvalue weighted by Crippen LogP contribution is -2.49. The summed E-state index contributed by atoms with van der Waals surface area (Å²) in [7, 11) is 0. The summed E-state index contributed by atoms with van der Waals surface area (Å²) in [5.41, 5.74) is 0.575. The highest BCUT2D eigenvalue weighted by molar-refractivity contribution is 8.00. The van der Waals surface area contributed by atoms with Crippen LogP contribution in [0, 0.1) is 5.92 Å². The van der Waals surface area contributed by atoms with Crippen LogP contribution in [0.25, 0.3) is 0 Å². The minimum atomic E-state index is -0.109. The van der Waals surface area contributed by atoms with Crippen LogP contribution >= 0.6 is 11.8 Å². The van der Waals surface area contributed by atoms with Gasteiger partial charge in [-0.15, -0.1) is 0 Å². The Hall–Kier alpha value is -1.76. The molecule has 1 aromatic heterocycles. The molecule has 2 heterocycles. The maximum absolute atomic E-state index is 12.0. The maximum atomic E-state index is 12.0. The number of aliphatic imine (C=N–C) groups is 1. The van der Waals surface area contributed by atoms with Gasteiger partial charge >= 0.3 is 0 Å². The number of hydrogen-bond acceptors (Lipinski definition) is 4. The molecule has 0 aliphatic carbocycles. The Morgan fingerprint density at radius 1 is 1.48 bits per heavy atom. The molecule has 1 unspecified atom stereocenters. The van der Waals surface area contributed by atoms with Gasteiger partial charge in [-0.25, -0.2) is 0 Å². The first-order valence-electron chi connectivity index (χ1n) is 8.95. The number of rotatable bonds is 6. The van der Waals surface area contributed by atoms with Gasteiger partial charge < -0.3 is 15.5 Å². The Bertz CT molecular complexity index is 564. The van der Waals surface area contributed by atoms with E-state index in [2.05, 4.69) is 58.0 Å². The van der Waals surface area contributed by atoms with Crippen molar-refractivity contribution in [1.82, 2.24) is 20.5 Å². The van der Waals surface area contributed by atoms with E-state index in [1.807, 2.05) is 0 Å². The van der Waals surface area contributed by atoms with Gasteiger partial charge in [0.2, 0.25) is 0 Å². The van der Waals surface area contributed by atoms with Crippen molar-refractivity contribution in [2.24, 2.45) is 10.9 Å². The normalized spacial score (nSPS) is 18.3. The van der Waals surface area contributed by atoms with Crippen molar-refractivity contribution in [3.63, 3.8) is 0 Å². The fraction of sp³-hybridized carbons (Fsp3) is 0.611. The van der Waals surface area contributed by atoms with Gasteiger partial charge in [0, 0.05) is 49.6 Å². The summed E-state index contributed by atoms with van der Waals surface area (Å²) in [6.07, 6.45) is 3.23. The lowest BCUT2D eigenvalue weighted by Gasteiger charge is -2.36. The van der Waals surface area contributed by atoms with Crippen LogP contribution in [0.2, 0.25) is 0 Å². The topological polar surface area (TPSA) is 69.6 Å². The molecule has 7 heteroatoms. The van der Waals surface area contributed by atoms with E-state index in [0.717, 1.165) is 31.3 Å². The van der Waals surface area contributed by atoms with Crippen LogP contribution in [0.5, 0.6) is 0 Å². The van der Waals surface area contributed by atoms with E-state index >= 15 is 0 Å². The molecule has 1 amide bonds. The van der Waals surface area contributed by atoms with Crippen molar-refractivity contribution in [2.45, 2.75) is 26.0 Å². The third-order valence-electron chi connectivity index (χ3n) is 4.05. The fourth-order valence-electron chi connectivity index (χ4n) is 2.63. The molecule has 6 nitrogen and oxygen atoms in total. The molecule has 1 saturated heterocycles. The molecular formula is C18H29N5OS. The zero-order valence-corrected chi connectivity index (χ0v) is 16.2. The molecular weight excluding hydrogens is 334 g/mol. The first-order valence-corrected chi connectivity index (χ1v) is 9.99. The number of amides is 1. The van der Waals surface area contributed by atoms with Gasteiger partial charge in [0.05, 0.1) is 12.1 Å². The molecule has 138 valence electrons. The van der Waals surface area contributed by atoms with Crippen molar-refractivity contribution >= 4 is 23.6 Å². The highest BCUT2D eigenvalue weighted by atomic mass is 32.2. The third kappa shape index (κ3) is 6.23. The zero-order valence-electron chi connectivity index (χ0n) is 15.4. The number of aromatic nitrogens is 1. The van der Waals surface area contributed by atoms with Crippen LogP contribution in [0.3, 0.4) is 0 Å². The monoisotopic (exact) mass is 363 g/mol. The number of guanidine groups is 1. The minimum Gasteiger partial charge on any atom is -0.357 e. The molecule has 1 aliphatic heterocycles. The summed E-state index contributed by atoms with van der Waals surface area (Å²) in [6.45, 7) is 10.6. The van der Waals surface area contributed by atoms with Gasteiger partial charge in [0.25, 0.3) is 5.91 Å². The summed E-state index contributed by atoms with van der Waals surface area (Å²) in [4.78, 5) is 23.0. The van der Waals surface area contributed by atoms with E-state index in [9.17, 15) is 4.79 Å². The number of carbonyl (C=O) groups excluding carboxylic acids is 1. The number of carbonyl (C=O) groups is 1. The lowest BCUT2D eigenvalue weighted by atomic mass is 10.1. The Morgan fingerprint density at radius 2 is 2.32 bits per heavy atom. The predicted octanol–water partition coefficient (Wildman–Crippen LogP) is 1.85. The van der Waals surface area contributed by atoms with Gasteiger partial charge in [-0.1, -0.05) is 13.8 Å². The largest absolute Gasteiger partial charge is 0.357 e. The summed E-state index contributed by atoms with van der Waals surface area (Å²) in [5, 5.41) is 6.91. The second-order valence-electron chi connectivity index (χ2n) is 6.33. The van der Waals surface area contributed by atoms with E-state index in [1.165, 1.54) is 0 Å². The molecule has 0 saturated carbocycles. The van der Waals surface area contributed by atoms with Gasteiger partial charge in [0.1, 0.15) is 0 Å². The zero-order chi connectivity index (χ0) is 18.1. The quantitative estimate of drug-likeness (QED) is 0.459. The number of pyridine rings is 1. The van der Waals surface area contributed by atoms with Crippen molar-refractivity contribution < 1.29 is 4.79 Å². The number of nitrogens with one attached hydrogen (secondary N) is 2. The van der Waals surface area contributed by atoms with E-state index in [4.69, 9.17) is 0 Å². The Balaban J connectivity index is 1.86. The van der Waals surface area contributed by atoms with Crippen LogP contribution in [0.1, 0.15) is 31.1 Å². The van der Waals surface area contributed by atoms with Crippen LogP contribution < -0.4 is 10.6 Å². The Kier molecular flexibility index (Phi) is 8.04. The molecule has 1 aromatic rings. The van der Waals surface area contributed by atoms with E-state index in [-0.39, 0.29) is 5.91 Å². The van der Waals surface area contributed by atoms with E-state index in [1.54, 1.807) is 24.5 Å². The minimum absolute atomic E-state index is 0.109. The van der Waals surface area contributed by atoms with Crippen LogP contribution in [-0.2, 0) is 0 Å². The summed E-state index contributed by atoms with van der Waals surface area (Å²) in [5.74, 6) is 2.63. The molecule has 1 fully saturated rings. The van der Waals surface area contributed by atoms with Gasteiger partial charge in [-0.05, 0) is 25.0 Å². The fourth-order valence-corrected chi connectivity index (χ4v) is 3.93. The van der Waals surface area contributed by atoms with Crippen LogP contribution in [0.4, 0.5) is 0 Å². The second kappa shape index (κ2) is 10.3.